The van der Waals surface area contributed by atoms with Gasteiger partial charge in [0.05, 0.1) is 15.5 Å². The minimum atomic E-state index is -3.97. The van der Waals surface area contributed by atoms with Crippen LogP contribution in [0.25, 0.3) is 0 Å². The zero-order chi connectivity index (χ0) is 17.5. The Labute approximate surface area is 140 Å². The molecule has 0 unspecified atom stereocenters. The van der Waals surface area contributed by atoms with Crippen LogP contribution >= 0.6 is 11.6 Å². The van der Waals surface area contributed by atoms with Crippen LogP contribution in [0.5, 0.6) is 0 Å². The first kappa shape index (κ1) is 19.4. The van der Waals surface area contributed by atoms with Gasteiger partial charge in [0.15, 0.2) is 6.61 Å². The first-order chi connectivity index (χ1) is 10.8. The van der Waals surface area contributed by atoms with E-state index in [0.29, 0.717) is 6.54 Å². The molecule has 0 aromatic heterocycles. The second kappa shape index (κ2) is 8.85. The number of carbonyl (C=O) groups excluding carboxylic acids is 2. The molecule has 1 aromatic carbocycles. The normalized spacial score (nSPS) is 11.1. The van der Waals surface area contributed by atoms with Gasteiger partial charge in [-0.05, 0) is 24.6 Å². The van der Waals surface area contributed by atoms with Crippen molar-refractivity contribution < 1.29 is 22.7 Å². The summed E-state index contributed by atoms with van der Waals surface area (Å²) in [6.45, 7) is 2.08. The highest BCUT2D eigenvalue weighted by Crippen LogP contribution is 2.20. The predicted molar refractivity (Wildman–Crippen MR) is 85.6 cm³/mol. The quantitative estimate of drug-likeness (QED) is 0.536. The minimum Gasteiger partial charge on any atom is -0.452 e. The van der Waals surface area contributed by atoms with Crippen LogP contribution in [-0.4, -0.2) is 33.4 Å². The van der Waals surface area contributed by atoms with Crippen molar-refractivity contribution in [1.29, 1.82) is 0 Å². The van der Waals surface area contributed by atoms with Gasteiger partial charge >= 0.3 is 5.97 Å². The van der Waals surface area contributed by atoms with E-state index < -0.39 is 28.5 Å². The molecule has 1 amide bonds. The van der Waals surface area contributed by atoms with E-state index >= 15 is 0 Å². The molecule has 128 valence electrons. The number of unbranched alkanes of at least 4 members (excludes halogenated alkanes) is 2. The molecular weight excluding hydrogens is 344 g/mol. The van der Waals surface area contributed by atoms with Gasteiger partial charge in [0.25, 0.3) is 5.91 Å². The Morgan fingerprint density at radius 1 is 1.30 bits per heavy atom. The molecule has 0 spiro atoms. The number of rotatable bonds is 8. The molecular formula is C14H19ClN2O5S. The Morgan fingerprint density at radius 2 is 2.00 bits per heavy atom. The maximum atomic E-state index is 11.9. The van der Waals surface area contributed by atoms with Crippen LogP contribution in [0.3, 0.4) is 0 Å². The molecule has 0 saturated heterocycles. The third kappa shape index (κ3) is 6.55. The molecule has 7 nitrogen and oxygen atoms in total. The molecule has 3 N–H and O–H groups in total. The van der Waals surface area contributed by atoms with Crippen LogP contribution in [0.4, 0.5) is 0 Å². The van der Waals surface area contributed by atoms with Gasteiger partial charge in [-0.1, -0.05) is 31.4 Å². The number of carbonyl (C=O) groups is 2. The largest absolute Gasteiger partial charge is 0.452 e. The van der Waals surface area contributed by atoms with E-state index in [-0.39, 0.29) is 15.5 Å². The van der Waals surface area contributed by atoms with E-state index in [1.807, 2.05) is 6.92 Å². The fraction of sp³-hybridized carbons (Fsp3) is 0.429. The average molecular weight is 363 g/mol. The van der Waals surface area contributed by atoms with Gasteiger partial charge in [-0.3, -0.25) is 4.79 Å². The number of ether oxygens (including phenoxy) is 1. The van der Waals surface area contributed by atoms with Crippen LogP contribution in [0.15, 0.2) is 23.1 Å². The summed E-state index contributed by atoms with van der Waals surface area (Å²) in [5.74, 6) is -1.34. The van der Waals surface area contributed by atoms with Gasteiger partial charge < -0.3 is 10.1 Å². The highest BCUT2D eigenvalue weighted by Gasteiger charge is 2.17. The lowest BCUT2D eigenvalue weighted by Crippen LogP contribution is -2.29. The summed E-state index contributed by atoms with van der Waals surface area (Å²) in [5.41, 5.74) is -0.169. The van der Waals surface area contributed by atoms with Crippen molar-refractivity contribution in [1.82, 2.24) is 5.32 Å². The average Bonchev–Trinajstić information content (AvgIpc) is 2.48. The number of hydrogen-bond donors (Lipinski definition) is 2. The van der Waals surface area contributed by atoms with Crippen LogP contribution in [-0.2, 0) is 19.6 Å². The lowest BCUT2D eigenvalue weighted by Gasteiger charge is -2.08. The third-order valence-electron chi connectivity index (χ3n) is 2.92. The first-order valence-corrected chi connectivity index (χ1v) is 8.94. The van der Waals surface area contributed by atoms with Crippen LogP contribution < -0.4 is 10.5 Å². The van der Waals surface area contributed by atoms with E-state index in [0.717, 1.165) is 25.3 Å². The summed E-state index contributed by atoms with van der Waals surface area (Å²) < 4.78 is 27.4. The number of hydrogen-bond acceptors (Lipinski definition) is 5. The van der Waals surface area contributed by atoms with Crippen LogP contribution in [0.1, 0.15) is 36.5 Å². The number of nitrogens with one attached hydrogen (secondary N) is 1. The maximum absolute atomic E-state index is 11.9. The minimum absolute atomic E-state index is 0.00533. The molecule has 0 aliphatic heterocycles. The van der Waals surface area contributed by atoms with E-state index in [1.54, 1.807) is 0 Å². The summed E-state index contributed by atoms with van der Waals surface area (Å²) in [7, 11) is -3.97. The maximum Gasteiger partial charge on any atom is 0.340 e. The van der Waals surface area contributed by atoms with Gasteiger partial charge in [-0.25, -0.2) is 18.4 Å². The molecule has 0 aliphatic rings. The van der Waals surface area contributed by atoms with Crippen LogP contribution in [0, 0.1) is 0 Å². The molecule has 23 heavy (non-hydrogen) atoms. The van der Waals surface area contributed by atoms with Crippen molar-refractivity contribution in [2.75, 3.05) is 13.2 Å². The molecule has 0 saturated carbocycles. The van der Waals surface area contributed by atoms with Crippen molar-refractivity contribution >= 4 is 33.5 Å². The third-order valence-corrected chi connectivity index (χ3v) is 4.16. The highest BCUT2D eigenvalue weighted by atomic mass is 35.5. The molecule has 9 heteroatoms. The lowest BCUT2D eigenvalue weighted by atomic mass is 10.2. The van der Waals surface area contributed by atoms with Gasteiger partial charge in [-0.2, -0.15) is 0 Å². The Hall–Kier alpha value is -1.64. The summed E-state index contributed by atoms with van der Waals surface area (Å²) in [5, 5.41) is 7.61. The van der Waals surface area contributed by atoms with Crippen molar-refractivity contribution in [3.63, 3.8) is 0 Å². The number of sulfonamides is 1. The second-order valence-corrected chi connectivity index (χ2v) is 6.79. The summed E-state index contributed by atoms with van der Waals surface area (Å²) in [6.07, 6.45) is 2.87. The monoisotopic (exact) mass is 362 g/mol. The van der Waals surface area contributed by atoms with Gasteiger partial charge in [0.1, 0.15) is 0 Å². The summed E-state index contributed by atoms with van der Waals surface area (Å²) in [4.78, 5) is 23.2. The smallest absolute Gasteiger partial charge is 0.340 e. The zero-order valence-electron chi connectivity index (χ0n) is 12.7. The topological polar surface area (TPSA) is 116 Å². The van der Waals surface area contributed by atoms with Gasteiger partial charge in [-0.15, -0.1) is 0 Å². The molecule has 1 aromatic rings. The van der Waals surface area contributed by atoms with Gasteiger partial charge in [0, 0.05) is 6.54 Å². The second-order valence-electron chi connectivity index (χ2n) is 4.82. The zero-order valence-corrected chi connectivity index (χ0v) is 14.2. The number of esters is 1. The predicted octanol–water partition coefficient (Wildman–Crippen LogP) is 1.45. The van der Waals surface area contributed by atoms with E-state index in [4.69, 9.17) is 21.5 Å². The summed E-state index contributed by atoms with van der Waals surface area (Å²) in [6, 6.07) is 3.41. The van der Waals surface area contributed by atoms with E-state index in [1.165, 1.54) is 12.1 Å². The molecule has 0 heterocycles. The van der Waals surface area contributed by atoms with E-state index in [9.17, 15) is 18.0 Å². The molecule has 0 aliphatic carbocycles. The number of amides is 1. The number of nitrogens with two attached hydrogens (primary N) is 1. The Balaban J connectivity index is 2.63. The fourth-order valence-corrected chi connectivity index (χ4v) is 2.44. The number of benzene rings is 1. The number of primary sulfonamides is 1. The lowest BCUT2D eigenvalue weighted by molar-refractivity contribution is -0.124. The Morgan fingerprint density at radius 3 is 2.61 bits per heavy atom. The van der Waals surface area contributed by atoms with Gasteiger partial charge in [0.2, 0.25) is 10.0 Å². The van der Waals surface area contributed by atoms with Crippen LogP contribution in [0.2, 0.25) is 5.02 Å². The molecule has 0 atom stereocenters. The van der Waals surface area contributed by atoms with Crippen molar-refractivity contribution in [2.24, 2.45) is 5.14 Å². The molecule has 0 bridgehead atoms. The van der Waals surface area contributed by atoms with Crippen molar-refractivity contribution in [3.05, 3.63) is 28.8 Å². The summed E-state index contributed by atoms with van der Waals surface area (Å²) >= 11 is 5.84. The molecule has 0 fully saturated rings. The fourth-order valence-electron chi connectivity index (χ4n) is 1.70. The van der Waals surface area contributed by atoms with E-state index in [2.05, 4.69) is 5.32 Å². The van der Waals surface area contributed by atoms with Crippen molar-refractivity contribution in [3.8, 4) is 0 Å². The Kier molecular flexibility index (Phi) is 7.47. The SMILES string of the molecule is CCCCCNC(=O)COC(=O)c1cc(S(N)(=O)=O)ccc1Cl. The highest BCUT2D eigenvalue weighted by molar-refractivity contribution is 7.89. The molecule has 0 radical (unpaired) electrons. The molecule has 1 rings (SSSR count). The number of halogens is 1. The Bertz CT molecular complexity index is 676. The standard InChI is InChI=1S/C14H19ClN2O5S/c1-2-3-4-7-17-13(18)9-22-14(19)11-8-10(23(16,20)21)5-6-12(11)15/h5-6,8H,2-4,7,9H2,1H3,(H,17,18)(H2,16,20,21). The van der Waals surface area contributed by atoms with Crippen molar-refractivity contribution in [2.45, 2.75) is 31.1 Å². The first-order valence-electron chi connectivity index (χ1n) is 7.02.